The highest BCUT2D eigenvalue weighted by Crippen LogP contribution is 2.36. The maximum absolute atomic E-state index is 12.2. The lowest BCUT2D eigenvalue weighted by Gasteiger charge is -2.10. The van der Waals surface area contributed by atoms with Crippen molar-refractivity contribution in [3.8, 4) is 5.75 Å². The number of methoxy groups -OCH3 is 1. The molecular weight excluding hydrogens is 382 g/mol. The van der Waals surface area contributed by atoms with E-state index in [0.29, 0.717) is 11.3 Å². The lowest BCUT2D eigenvalue weighted by molar-refractivity contribution is -0.387. The van der Waals surface area contributed by atoms with Crippen molar-refractivity contribution in [1.82, 2.24) is 15.4 Å². The highest BCUT2D eigenvalue weighted by Gasteiger charge is 2.24. The van der Waals surface area contributed by atoms with E-state index in [9.17, 15) is 14.9 Å². The van der Waals surface area contributed by atoms with Gasteiger partial charge in [0.25, 0.3) is 5.91 Å². The van der Waals surface area contributed by atoms with E-state index in [1.807, 2.05) is 30.3 Å². The van der Waals surface area contributed by atoms with Crippen molar-refractivity contribution in [2.75, 3.05) is 12.5 Å². The monoisotopic (exact) mass is 397 g/mol. The lowest BCUT2D eigenvalue weighted by atomic mass is 10.2. The smallest absolute Gasteiger partial charge is 0.345 e. The van der Waals surface area contributed by atoms with Crippen molar-refractivity contribution in [2.24, 2.45) is 0 Å². The molecule has 0 aliphatic heterocycles. The number of nitrogens with zero attached hydrogens (tertiary/aromatic N) is 3. The van der Waals surface area contributed by atoms with Crippen molar-refractivity contribution in [2.45, 2.75) is 9.92 Å². The van der Waals surface area contributed by atoms with Gasteiger partial charge in [-0.1, -0.05) is 30.0 Å². The normalized spacial score (nSPS) is 10.2. The predicted molar refractivity (Wildman–Crippen MR) is 103 cm³/mol. The zero-order chi connectivity index (χ0) is 19.9. The fourth-order valence-electron chi connectivity index (χ4n) is 2.22. The van der Waals surface area contributed by atoms with E-state index < -0.39 is 10.8 Å². The molecule has 0 unspecified atom stereocenters. The van der Waals surface area contributed by atoms with Crippen LogP contribution in [0.25, 0.3) is 0 Å². The van der Waals surface area contributed by atoms with Crippen molar-refractivity contribution in [1.29, 1.82) is 0 Å². The molecule has 0 saturated carbocycles. The molecule has 0 aliphatic rings. The van der Waals surface area contributed by atoms with Crippen LogP contribution in [0.15, 0.2) is 70.8 Å². The highest BCUT2D eigenvalue weighted by molar-refractivity contribution is 7.99. The highest BCUT2D eigenvalue weighted by atomic mass is 32.2. The van der Waals surface area contributed by atoms with Gasteiger partial charge in [0.1, 0.15) is 12.1 Å². The van der Waals surface area contributed by atoms with E-state index in [1.165, 1.54) is 13.4 Å². The van der Waals surface area contributed by atoms with Gasteiger partial charge in [-0.05, 0) is 36.4 Å². The summed E-state index contributed by atoms with van der Waals surface area (Å²) in [4.78, 5) is 31.9. The van der Waals surface area contributed by atoms with Gasteiger partial charge in [-0.15, -0.1) is 0 Å². The van der Waals surface area contributed by atoms with Crippen LogP contribution in [0.5, 0.6) is 5.75 Å². The van der Waals surface area contributed by atoms with Crippen LogP contribution < -0.4 is 15.6 Å². The first-order valence-electron chi connectivity index (χ1n) is 8.01. The third kappa shape index (κ3) is 4.54. The van der Waals surface area contributed by atoms with Crippen LogP contribution in [0.2, 0.25) is 0 Å². The van der Waals surface area contributed by atoms with E-state index in [1.54, 1.807) is 24.3 Å². The second-order valence-electron chi connectivity index (χ2n) is 5.36. The molecule has 0 radical (unpaired) electrons. The summed E-state index contributed by atoms with van der Waals surface area (Å²) >= 11 is 1.13. The summed E-state index contributed by atoms with van der Waals surface area (Å²) in [5.41, 5.74) is 4.94. The van der Waals surface area contributed by atoms with E-state index in [2.05, 4.69) is 20.8 Å². The molecule has 1 aromatic heterocycles. The number of carbonyl (C=O) groups is 1. The summed E-state index contributed by atoms with van der Waals surface area (Å²) in [5, 5.41) is 11.7. The molecule has 1 heterocycles. The van der Waals surface area contributed by atoms with Crippen LogP contribution in [0.1, 0.15) is 10.4 Å². The topological polar surface area (TPSA) is 119 Å². The minimum absolute atomic E-state index is 0.111. The standard InChI is InChI=1S/C18H15N5O4S/c1-27-13-9-7-12(8-10-13)17(24)22-21-16-15(23(25)26)18(20-11-19-16)28-14-5-3-2-4-6-14/h2-11H,1H3,(H,22,24)(H,19,20,21). The second kappa shape index (κ2) is 8.82. The summed E-state index contributed by atoms with van der Waals surface area (Å²) in [5.74, 6) is 0.0200. The summed E-state index contributed by atoms with van der Waals surface area (Å²) in [6.45, 7) is 0. The average Bonchev–Trinajstić information content (AvgIpc) is 2.72. The molecule has 0 saturated heterocycles. The minimum atomic E-state index is -0.590. The summed E-state index contributed by atoms with van der Waals surface area (Å²) in [7, 11) is 1.52. The SMILES string of the molecule is COc1ccc(C(=O)NNc2ncnc(Sc3ccccc3)c2[N+](=O)[O-])cc1. The summed E-state index contributed by atoms with van der Waals surface area (Å²) < 4.78 is 5.04. The molecule has 2 N–H and O–H groups in total. The van der Waals surface area contributed by atoms with E-state index in [-0.39, 0.29) is 16.5 Å². The first-order valence-corrected chi connectivity index (χ1v) is 8.83. The molecule has 28 heavy (non-hydrogen) atoms. The van der Waals surface area contributed by atoms with Gasteiger partial charge >= 0.3 is 5.69 Å². The molecule has 142 valence electrons. The van der Waals surface area contributed by atoms with Crippen LogP contribution in [-0.2, 0) is 0 Å². The van der Waals surface area contributed by atoms with Crippen molar-refractivity contribution < 1.29 is 14.5 Å². The maximum atomic E-state index is 12.2. The molecule has 3 aromatic rings. The Morgan fingerprint density at radius 2 is 1.82 bits per heavy atom. The number of hydrogen-bond acceptors (Lipinski definition) is 8. The number of amides is 1. The number of nitro groups is 1. The van der Waals surface area contributed by atoms with E-state index in [4.69, 9.17) is 4.74 Å². The largest absolute Gasteiger partial charge is 0.497 e. The molecule has 0 bridgehead atoms. The van der Waals surface area contributed by atoms with Crippen molar-refractivity contribution in [3.05, 3.63) is 76.6 Å². The maximum Gasteiger partial charge on any atom is 0.345 e. The zero-order valence-electron chi connectivity index (χ0n) is 14.7. The van der Waals surface area contributed by atoms with Crippen LogP contribution >= 0.6 is 11.8 Å². The van der Waals surface area contributed by atoms with E-state index >= 15 is 0 Å². The average molecular weight is 397 g/mol. The molecular formula is C18H15N5O4S. The Hall–Kier alpha value is -3.66. The number of benzene rings is 2. The molecule has 0 spiro atoms. The van der Waals surface area contributed by atoms with E-state index in [0.717, 1.165) is 16.7 Å². The fourth-order valence-corrected chi connectivity index (χ4v) is 3.11. The fraction of sp³-hybridized carbons (Fsp3) is 0.0556. The van der Waals surface area contributed by atoms with Gasteiger partial charge in [0.05, 0.1) is 12.0 Å². The van der Waals surface area contributed by atoms with Crippen molar-refractivity contribution in [3.63, 3.8) is 0 Å². The zero-order valence-corrected chi connectivity index (χ0v) is 15.5. The van der Waals surface area contributed by atoms with Crippen LogP contribution in [0.3, 0.4) is 0 Å². The Balaban J connectivity index is 1.78. The molecule has 3 rings (SSSR count). The van der Waals surface area contributed by atoms with Crippen molar-refractivity contribution >= 4 is 29.2 Å². The second-order valence-corrected chi connectivity index (χ2v) is 6.42. The Labute approximate surface area is 164 Å². The number of hydrazine groups is 1. The van der Waals surface area contributed by atoms with Crippen LogP contribution in [0.4, 0.5) is 11.5 Å². The summed E-state index contributed by atoms with van der Waals surface area (Å²) in [6.07, 6.45) is 1.19. The Morgan fingerprint density at radius 1 is 1.11 bits per heavy atom. The molecule has 10 heteroatoms. The van der Waals surface area contributed by atoms with Gasteiger partial charge in [-0.3, -0.25) is 25.8 Å². The van der Waals surface area contributed by atoms with Gasteiger partial charge in [-0.2, -0.15) is 0 Å². The molecule has 1 amide bonds. The molecule has 0 fully saturated rings. The number of aromatic nitrogens is 2. The number of nitrogens with one attached hydrogen (secondary N) is 2. The number of hydrogen-bond donors (Lipinski definition) is 2. The van der Waals surface area contributed by atoms with Crippen LogP contribution in [-0.4, -0.2) is 27.9 Å². The van der Waals surface area contributed by atoms with Gasteiger partial charge in [-0.25, -0.2) is 9.97 Å². The number of rotatable bonds is 7. The third-order valence-corrected chi connectivity index (χ3v) is 4.58. The number of carbonyl (C=O) groups excluding carboxylic acids is 1. The third-order valence-electron chi connectivity index (χ3n) is 3.58. The van der Waals surface area contributed by atoms with Gasteiger partial charge in [0, 0.05) is 10.5 Å². The minimum Gasteiger partial charge on any atom is -0.497 e. The van der Waals surface area contributed by atoms with Gasteiger partial charge in [0.15, 0.2) is 5.03 Å². The molecule has 0 aliphatic carbocycles. The summed E-state index contributed by atoms with van der Waals surface area (Å²) in [6, 6.07) is 15.5. The molecule has 9 nitrogen and oxygen atoms in total. The van der Waals surface area contributed by atoms with Crippen LogP contribution in [0, 0.1) is 10.1 Å². The lowest BCUT2D eigenvalue weighted by Crippen LogP contribution is -2.30. The Bertz CT molecular complexity index is 983. The predicted octanol–water partition coefficient (Wildman–Crippen LogP) is 3.30. The van der Waals surface area contributed by atoms with Gasteiger partial charge < -0.3 is 4.74 Å². The Morgan fingerprint density at radius 3 is 2.46 bits per heavy atom. The number of ether oxygens (including phenoxy) is 1. The molecule has 2 aromatic carbocycles. The number of anilines is 1. The Kier molecular flexibility index (Phi) is 6.02. The van der Waals surface area contributed by atoms with Gasteiger partial charge in [0.2, 0.25) is 5.82 Å². The quantitative estimate of drug-likeness (QED) is 0.354. The molecule has 0 atom stereocenters. The first-order chi connectivity index (χ1) is 13.6. The first kappa shape index (κ1) is 19.1.